The highest BCUT2D eigenvalue weighted by Crippen LogP contribution is 2.17. The van der Waals surface area contributed by atoms with Gasteiger partial charge in [0.1, 0.15) is 5.70 Å². The number of nitrogens with one attached hydrogen (secondary N) is 2. The van der Waals surface area contributed by atoms with Gasteiger partial charge in [-0.3, -0.25) is 9.59 Å². The zero-order valence-corrected chi connectivity index (χ0v) is 21.9. The van der Waals surface area contributed by atoms with E-state index in [1.54, 1.807) is 30.3 Å². The highest BCUT2D eigenvalue weighted by atomic mass is 79.9. The predicted octanol–water partition coefficient (Wildman–Crippen LogP) is 5.84. The molecule has 0 spiro atoms. The third-order valence-corrected chi connectivity index (χ3v) is 5.75. The maximum absolute atomic E-state index is 13.0. The quantitative estimate of drug-likeness (QED) is 0.191. The van der Waals surface area contributed by atoms with E-state index < -0.39 is 5.91 Å². The van der Waals surface area contributed by atoms with Crippen LogP contribution in [0.4, 0.5) is 5.69 Å². The van der Waals surface area contributed by atoms with Crippen LogP contribution in [-0.2, 0) is 4.79 Å². The van der Waals surface area contributed by atoms with Crippen LogP contribution in [0.3, 0.4) is 0 Å². The Morgan fingerprint density at radius 3 is 2.03 bits per heavy atom. The van der Waals surface area contributed by atoms with E-state index in [0.717, 1.165) is 29.9 Å². The molecule has 2 N–H and O–H groups in total. The van der Waals surface area contributed by atoms with E-state index in [0.29, 0.717) is 10.0 Å². The second-order valence-corrected chi connectivity index (χ2v) is 8.70. The van der Waals surface area contributed by atoms with Gasteiger partial charge >= 0.3 is 0 Å². The molecule has 0 unspecified atom stereocenters. The molecule has 0 aliphatic rings. The largest absolute Gasteiger partial charge is 0.372 e. The molecule has 0 aromatic heterocycles. The van der Waals surface area contributed by atoms with Gasteiger partial charge in [-0.15, -0.1) is 0 Å². The Morgan fingerprint density at radius 1 is 0.833 bits per heavy atom. The summed E-state index contributed by atoms with van der Waals surface area (Å²) in [6, 6.07) is 26.3. The van der Waals surface area contributed by atoms with Gasteiger partial charge < -0.3 is 10.2 Å². The number of rotatable bonds is 10. The van der Waals surface area contributed by atoms with E-state index in [2.05, 4.69) is 50.5 Å². The molecule has 2 amide bonds. The number of hydrogen-bond donors (Lipinski definition) is 2. The van der Waals surface area contributed by atoms with Crippen molar-refractivity contribution in [2.24, 2.45) is 5.10 Å². The minimum Gasteiger partial charge on any atom is -0.372 e. The maximum Gasteiger partial charge on any atom is 0.287 e. The lowest BCUT2D eigenvalue weighted by atomic mass is 10.1. The van der Waals surface area contributed by atoms with Crippen LogP contribution in [0, 0.1) is 0 Å². The first-order valence-corrected chi connectivity index (χ1v) is 12.5. The van der Waals surface area contributed by atoms with Crippen LogP contribution < -0.4 is 15.6 Å². The molecule has 0 heterocycles. The summed E-state index contributed by atoms with van der Waals surface area (Å²) in [5, 5.41) is 6.75. The second-order valence-electron chi connectivity index (χ2n) is 7.78. The Kier molecular flexibility index (Phi) is 10.2. The average molecular weight is 545 g/mol. The van der Waals surface area contributed by atoms with Crippen LogP contribution in [0.1, 0.15) is 35.3 Å². The summed E-state index contributed by atoms with van der Waals surface area (Å²) in [4.78, 5) is 28.0. The molecular weight excluding hydrogens is 516 g/mol. The van der Waals surface area contributed by atoms with Crippen molar-refractivity contribution < 1.29 is 9.59 Å². The molecule has 36 heavy (non-hydrogen) atoms. The Labute approximate surface area is 220 Å². The molecule has 3 aromatic carbocycles. The predicted molar refractivity (Wildman–Crippen MR) is 152 cm³/mol. The molecule has 0 atom stereocenters. The van der Waals surface area contributed by atoms with Crippen molar-refractivity contribution in [1.29, 1.82) is 0 Å². The van der Waals surface area contributed by atoms with E-state index in [1.165, 1.54) is 6.21 Å². The molecule has 184 valence electrons. The molecular formula is C29H29BrN4O2. The minimum atomic E-state index is -0.539. The summed E-state index contributed by atoms with van der Waals surface area (Å²) >= 11 is 3.43. The fraction of sp³-hybridized carbons (Fsp3) is 0.138. The topological polar surface area (TPSA) is 73.8 Å². The average Bonchev–Trinajstić information content (AvgIpc) is 2.91. The zero-order chi connectivity index (χ0) is 25.8. The molecule has 0 saturated carbocycles. The number of allylic oxidation sites excluding steroid dienone is 1. The first-order chi connectivity index (χ1) is 17.5. The third-order valence-electron chi connectivity index (χ3n) is 5.32. The van der Waals surface area contributed by atoms with E-state index in [1.807, 2.05) is 66.7 Å². The van der Waals surface area contributed by atoms with E-state index in [4.69, 9.17) is 0 Å². The highest BCUT2D eigenvalue weighted by Gasteiger charge is 2.14. The standard InChI is InChI=1S/C29H29BrN4O2/c1-3-34(4-2)26-17-15-23(16-18-26)20-27(32-28(35)24-13-9-6-10-14-24)29(36)33-31-21-25(30)19-22-11-7-5-8-12-22/h5-21H,3-4H2,1-2H3,(H,32,35)(H,33,36)/b25-19-,27-20-,31-21?. The lowest BCUT2D eigenvalue weighted by Gasteiger charge is -2.20. The Morgan fingerprint density at radius 2 is 1.42 bits per heavy atom. The molecule has 0 bridgehead atoms. The first kappa shape index (κ1) is 26.6. The number of halogens is 1. The maximum atomic E-state index is 13.0. The van der Waals surface area contributed by atoms with Crippen molar-refractivity contribution in [2.45, 2.75) is 13.8 Å². The molecule has 7 heteroatoms. The summed E-state index contributed by atoms with van der Waals surface area (Å²) in [6.07, 6.45) is 4.99. The normalized spacial score (nSPS) is 11.9. The molecule has 0 aliphatic carbocycles. The monoisotopic (exact) mass is 544 g/mol. The number of anilines is 1. The Balaban J connectivity index is 1.79. The van der Waals surface area contributed by atoms with Crippen LogP contribution >= 0.6 is 15.9 Å². The van der Waals surface area contributed by atoms with E-state index >= 15 is 0 Å². The second kappa shape index (κ2) is 13.8. The van der Waals surface area contributed by atoms with Crippen molar-refractivity contribution in [2.75, 3.05) is 18.0 Å². The van der Waals surface area contributed by atoms with Crippen LogP contribution in [0.5, 0.6) is 0 Å². The minimum absolute atomic E-state index is 0.0831. The van der Waals surface area contributed by atoms with E-state index in [-0.39, 0.29) is 11.6 Å². The van der Waals surface area contributed by atoms with Crippen molar-refractivity contribution in [3.05, 3.63) is 112 Å². The van der Waals surface area contributed by atoms with Crippen LogP contribution in [-0.4, -0.2) is 31.1 Å². The highest BCUT2D eigenvalue weighted by molar-refractivity contribution is 9.12. The summed E-state index contributed by atoms with van der Waals surface area (Å²) in [7, 11) is 0. The smallest absolute Gasteiger partial charge is 0.287 e. The van der Waals surface area contributed by atoms with Crippen molar-refractivity contribution in [3.63, 3.8) is 0 Å². The fourth-order valence-electron chi connectivity index (χ4n) is 3.44. The third kappa shape index (κ3) is 8.06. The number of benzene rings is 3. The lowest BCUT2D eigenvalue weighted by molar-refractivity contribution is -0.117. The van der Waals surface area contributed by atoms with E-state index in [9.17, 15) is 9.59 Å². The van der Waals surface area contributed by atoms with Gasteiger partial charge in [-0.2, -0.15) is 5.10 Å². The Hall–Kier alpha value is -3.97. The number of carbonyl (C=O) groups excluding carboxylic acids is 2. The van der Waals surface area contributed by atoms with Gasteiger partial charge in [-0.05, 0) is 77.3 Å². The lowest BCUT2D eigenvalue weighted by Crippen LogP contribution is -2.32. The molecule has 0 aliphatic heterocycles. The molecule has 3 rings (SSSR count). The molecule has 0 fully saturated rings. The van der Waals surface area contributed by atoms with Gasteiger partial charge in [0.05, 0.1) is 6.21 Å². The van der Waals surface area contributed by atoms with Crippen LogP contribution in [0.15, 0.2) is 100 Å². The van der Waals surface area contributed by atoms with Crippen molar-refractivity contribution >= 4 is 51.8 Å². The van der Waals surface area contributed by atoms with Crippen molar-refractivity contribution in [3.8, 4) is 0 Å². The molecule has 0 radical (unpaired) electrons. The number of nitrogens with zero attached hydrogens (tertiary/aromatic N) is 2. The number of carbonyl (C=O) groups is 2. The zero-order valence-electron chi connectivity index (χ0n) is 20.3. The number of hydrogen-bond acceptors (Lipinski definition) is 4. The van der Waals surface area contributed by atoms with Gasteiger partial charge in [-0.1, -0.05) is 60.7 Å². The van der Waals surface area contributed by atoms with Gasteiger partial charge in [-0.25, -0.2) is 5.43 Å². The summed E-state index contributed by atoms with van der Waals surface area (Å²) in [5.74, 6) is -0.922. The van der Waals surface area contributed by atoms with Gasteiger partial charge in [0.25, 0.3) is 11.8 Å². The number of hydrazone groups is 1. The summed E-state index contributed by atoms with van der Waals surface area (Å²) in [5.41, 5.74) is 5.89. The van der Waals surface area contributed by atoms with Gasteiger partial charge in [0.2, 0.25) is 0 Å². The SMILES string of the molecule is CCN(CC)c1ccc(/C=C(\NC(=O)c2ccccc2)C(=O)NN=C/C(Br)=C/c2ccccc2)cc1. The molecule has 6 nitrogen and oxygen atoms in total. The van der Waals surface area contributed by atoms with Gasteiger partial charge in [0, 0.05) is 28.8 Å². The van der Waals surface area contributed by atoms with Crippen LogP contribution in [0.2, 0.25) is 0 Å². The molecule has 0 saturated heterocycles. The van der Waals surface area contributed by atoms with Gasteiger partial charge in [0.15, 0.2) is 0 Å². The molecule has 3 aromatic rings. The van der Waals surface area contributed by atoms with Crippen LogP contribution in [0.25, 0.3) is 12.2 Å². The van der Waals surface area contributed by atoms with Crippen molar-refractivity contribution in [1.82, 2.24) is 10.7 Å². The Bertz CT molecular complexity index is 1230. The fourth-order valence-corrected chi connectivity index (χ4v) is 3.80. The summed E-state index contributed by atoms with van der Waals surface area (Å²) < 4.78 is 0.680. The number of amides is 2. The summed E-state index contributed by atoms with van der Waals surface area (Å²) in [6.45, 7) is 6.01. The first-order valence-electron chi connectivity index (χ1n) is 11.7.